The number of carbonyl (C=O) groups is 1. The lowest BCUT2D eigenvalue weighted by atomic mass is 9.81. The molecule has 0 atom stereocenters. The topological polar surface area (TPSA) is 41.1 Å². The molecule has 0 unspecified atom stereocenters. The number of carbonyl (C=O) groups excluding carboxylic acids is 1. The van der Waals surface area contributed by atoms with Crippen molar-refractivity contribution in [3.63, 3.8) is 0 Å². The molecule has 2 N–H and O–H groups in total. The summed E-state index contributed by atoms with van der Waals surface area (Å²) in [4.78, 5) is 11.7. The maximum atomic E-state index is 11.7. The van der Waals surface area contributed by atoms with Crippen molar-refractivity contribution in [3.05, 3.63) is 34.9 Å². The molecule has 0 aliphatic rings. The van der Waals surface area contributed by atoms with Crippen LogP contribution in [0.15, 0.2) is 18.2 Å². The third kappa shape index (κ3) is 4.67. The first-order chi connectivity index (χ1) is 8.86. The van der Waals surface area contributed by atoms with Gasteiger partial charge in [-0.1, -0.05) is 44.5 Å². The highest BCUT2D eigenvalue weighted by molar-refractivity contribution is 5.78. The van der Waals surface area contributed by atoms with Crippen molar-refractivity contribution in [2.45, 2.75) is 40.0 Å². The number of hydrogen-bond acceptors (Lipinski definition) is 2. The van der Waals surface area contributed by atoms with Gasteiger partial charge in [0.15, 0.2) is 0 Å². The highest BCUT2D eigenvalue weighted by Gasteiger charge is 2.23. The van der Waals surface area contributed by atoms with Crippen LogP contribution in [0.2, 0.25) is 0 Å². The van der Waals surface area contributed by atoms with Gasteiger partial charge >= 0.3 is 0 Å². The summed E-state index contributed by atoms with van der Waals surface area (Å²) >= 11 is 0. The summed E-state index contributed by atoms with van der Waals surface area (Å²) in [6.45, 7) is 12.4. The summed E-state index contributed by atoms with van der Waals surface area (Å²) in [5.41, 5.74) is 3.78. The van der Waals surface area contributed by atoms with Crippen LogP contribution >= 0.6 is 0 Å². The van der Waals surface area contributed by atoms with Gasteiger partial charge in [-0.2, -0.15) is 0 Å². The maximum absolute atomic E-state index is 11.7. The first-order valence-corrected chi connectivity index (χ1v) is 6.92. The molecule has 0 aliphatic heterocycles. The summed E-state index contributed by atoms with van der Waals surface area (Å²) in [6.07, 6.45) is 0. The SMILES string of the molecule is CCNCC(=O)NCC(C)(C)c1cc(C)ccc1C. The first kappa shape index (κ1) is 15.7. The third-order valence-corrected chi connectivity index (χ3v) is 3.39. The van der Waals surface area contributed by atoms with Gasteiger partial charge < -0.3 is 10.6 Å². The predicted octanol–water partition coefficient (Wildman–Crippen LogP) is 2.31. The fourth-order valence-electron chi connectivity index (χ4n) is 2.18. The Morgan fingerprint density at radius 1 is 1.26 bits per heavy atom. The fraction of sp³-hybridized carbons (Fsp3) is 0.562. The van der Waals surface area contributed by atoms with Crippen molar-refractivity contribution in [1.29, 1.82) is 0 Å². The zero-order valence-electron chi connectivity index (χ0n) is 12.8. The molecule has 0 spiro atoms. The summed E-state index contributed by atoms with van der Waals surface area (Å²) in [7, 11) is 0. The van der Waals surface area contributed by atoms with Crippen molar-refractivity contribution < 1.29 is 4.79 Å². The lowest BCUT2D eigenvalue weighted by Crippen LogP contribution is -2.41. The van der Waals surface area contributed by atoms with Gasteiger partial charge in [0.2, 0.25) is 5.91 Å². The van der Waals surface area contributed by atoms with Crippen LogP contribution in [0.4, 0.5) is 0 Å². The van der Waals surface area contributed by atoms with E-state index in [1.165, 1.54) is 16.7 Å². The molecular formula is C16H26N2O. The van der Waals surface area contributed by atoms with Crippen molar-refractivity contribution in [1.82, 2.24) is 10.6 Å². The maximum Gasteiger partial charge on any atom is 0.233 e. The van der Waals surface area contributed by atoms with Crippen LogP contribution in [0.5, 0.6) is 0 Å². The Kier molecular flexibility index (Phi) is 5.55. The normalized spacial score (nSPS) is 11.4. The van der Waals surface area contributed by atoms with E-state index in [0.717, 1.165) is 6.54 Å². The van der Waals surface area contributed by atoms with Crippen molar-refractivity contribution in [3.8, 4) is 0 Å². The van der Waals surface area contributed by atoms with Gasteiger partial charge in [-0.05, 0) is 31.5 Å². The number of amides is 1. The number of benzene rings is 1. The minimum absolute atomic E-state index is 0.0558. The van der Waals surface area contributed by atoms with E-state index in [2.05, 4.69) is 56.5 Å². The summed E-state index contributed by atoms with van der Waals surface area (Å²) in [5, 5.41) is 6.03. The third-order valence-electron chi connectivity index (χ3n) is 3.39. The highest BCUT2D eigenvalue weighted by Crippen LogP contribution is 2.26. The quantitative estimate of drug-likeness (QED) is 0.826. The molecule has 0 bridgehead atoms. The Bertz CT molecular complexity index is 438. The van der Waals surface area contributed by atoms with Gasteiger partial charge in [0, 0.05) is 12.0 Å². The van der Waals surface area contributed by atoms with Crippen LogP contribution in [0.25, 0.3) is 0 Å². The molecule has 19 heavy (non-hydrogen) atoms. The molecule has 1 rings (SSSR count). The lowest BCUT2D eigenvalue weighted by molar-refractivity contribution is -0.120. The Morgan fingerprint density at radius 3 is 2.58 bits per heavy atom. The van der Waals surface area contributed by atoms with E-state index >= 15 is 0 Å². The van der Waals surface area contributed by atoms with Crippen molar-refractivity contribution in [2.75, 3.05) is 19.6 Å². The molecule has 0 aliphatic carbocycles. The fourth-order valence-corrected chi connectivity index (χ4v) is 2.18. The molecule has 0 saturated heterocycles. The van der Waals surface area contributed by atoms with E-state index in [9.17, 15) is 4.79 Å². The van der Waals surface area contributed by atoms with Gasteiger partial charge in [0.1, 0.15) is 0 Å². The second-order valence-electron chi connectivity index (χ2n) is 5.76. The van der Waals surface area contributed by atoms with Gasteiger partial charge in [-0.15, -0.1) is 0 Å². The van der Waals surface area contributed by atoms with E-state index < -0.39 is 0 Å². The molecule has 0 radical (unpaired) electrons. The number of nitrogens with one attached hydrogen (secondary N) is 2. The van der Waals surface area contributed by atoms with Gasteiger partial charge in [-0.25, -0.2) is 0 Å². The largest absolute Gasteiger partial charge is 0.354 e. The first-order valence-electron chi connectivity index (χ1n) is 6.92. The number of hydrogen-bond donors (Lipinski definition) is 2. The van der Waals surface area contributed by atoms with Crippen LogP contribution in [0.3, 0.4) is 0 Å². The van der Waals surface area contributed by atoms with E-state index in [1.807, 2.05) is 6.92 Å². The van der Waals surface area contributed by atoms with Crippen LogP contribution in [-0.4, -0.2) is 25.5 Å². The van der Waals surface area contributed by atoms with E-state index in [-0.39, 0.29) is 11.3 Å². The Labute approximate surface area is 116 Å². The highest BCUT2D eigenvalue weighted by atomic mass is 16.1. The Balaban J connectivity index is 2.70. The van der Waals surface area contributed by atoms with Crippen LogP contribution in [-0.2, 0) is 10.2 Å². The second kappa shape index (κ2) is 6.71. The zero-order chi connectivity index (χ0) is 14.5. The molecular weight excluding hydrogens is 236 g/mol. The van der Waals surface area contributed by atoms with E-state index in [0.29, 0.717) is 13.1 Å². The monoisotopic (exact) mass is 262 g/mol. The van der Waals surface area contributed by atoms with E-state index in [1.54, 1.807) is 0 Å². The summed E-state index contributed by atoms with van der Waals surface area (Å²) in [5.74, 6) is 0.0558. The average molecular weight is 262 g/mol. The number of rotatable bonds is 6. The predicted molar refractivity (Wildman–Crippen MR) is 80.5 cm³/mol. The molecule has 1 aromatic rings. The van der Waals surface area contributed by atoms with Gasteiger partial charge in [-0.3, -0.25) is 4.79 Å². The standard InChI is InChI=1S/C16H26N2O/c1-6-17-10-15(19)18-11-16(4,5)14-9-12(2)7-8-13(14)3/h7-9,17H,6,10-11H2,1-5H3,(H,18,19). The van der Waals surface area contributed by atoms with Crippen LogP contribution in [0, 0.1) is 13.8 Å². The minimum atomic E-state index is -0.0576. The molecule has 1 aromatic carbocycles. The second-order valence-corrected chi connectivity index (χ2v) is 5.76. The molecule has 0 aromatic heterocycles. The van der Waals surface area contributed by atoms with Gasteiger partial charge in [0.05, 0.1) is 6.54 Å². The molecule has 0 fully saturated rings. The molecule has 106 valence electrons. The molecule has 0 heterocycles. The summed E-state index contributed by atoms with van der Waals surface area (Å²) < 4.78 is 0. The summed E-state index contributed by atoms with van der Waals surface area (Å²) in [6, 6.07) is 6.48. The molecule has 1 amide bonds. The average Bonchev–Trinajstić information content (AvgIpc) is 2.36. The smallest absolute Gasteiger partial charge is 0.233 e. The van der Waals surface area contributed by atoms with Gasteiger partial charge in [0.25, 0.3) is 0 Å². The van der Waals surface area contributed by atoms with E-state index in [4.69, 9.17) is 0 Å². The molecule has 3 heteroatoms. The number of likely N-dealkylation sites (N-methyl/N-ethyl adjacent to an activating group) is 1. The molecule has 3 nitrogen and oxygen atoms in total. The molecule has 0 saturated carbocycles. The Morgan fingerprint density at radius 2 is 1.95 bits per heavy atom. The number of aryl methyl sites for hydroxylation is 2. The Hall–Kier alpha value is -1.35. The van der Waals surface area contributed by atoms with Crippen LogP contribution < -0.4 is 10.6 Å². The zero-order valence-corrected chi connectivity index (χ0v) is 12.8. The lowest BCUT2D eigenvalue weighted by Gasteiger charge is -2.28. The van der Waals surface area contributed by atoms with Crippen molar-refractivity contribution in [2.24, 2.45) is 0 Å². The minimum Gasteiger partial charge on any atom is -0.354 e. The van der Waals surface area contributed by atoms with Crippen molar-refractivity contribution >= 4 is 5.91 Å². The van der Waals surface area contributed by atoms with Crippen LogP contribution in [0.1, 0.15) is 37.5 Å².